The second kappa shape index (κ2) is 9.04. The summed E-state index contributed by atoms with van der Waals surface area (Å²) in [5, 5.41) is 19.2. The molecule has 3 rings (SSSR count). The largest absolute Gasteiger partial charge is 0.490 e. The van der Waals surface area contributed by atoms with Gasteiger partial charge in [-0.25, -0.2) is 0 Å². The Labute approximate surface area is 161 Å². The molecule has 0 saturated carbocycles. The van der Waals surface area contributed by atoms with Crippen LogP contribution in [0.2, 0.25) is 0 Å². The first-order valence-corrected chi connectivity index (χ1v) is 10.1. The number of aliphatic hydroxyl groups is 2. The molecule has 3 atom stereocenters. The van der Waals surface area contributed by atoms with Gasteiger partial charge in [0.05, 0.1) is 12.2 Å². The van der Waals surface area contributed by atoms with E-state index in [1.807, 2.05) is 29.2 Å². The fourth-order valence-electron chi connectivity index (χ4n) is 3.80. The second-order valence-electron chi connectivity index (χ2n) is 8.10. The molecule has 1 aromatic rings. The Morgan fingerprint density at radius 1 is 1.15 bits per heavy atom. The molecule has 2 fully saturated rings. The summed E-state index contributed by atoms with van der Waals surface area (Å²) in [5.74, 6) is 1.49. The Morgan fingerprint density at radius 2 is 1.81 bits per heavy atom. The minimum Gasteiger partial charge on any atom is -0.490 e. The Hall–Kier alpha value is -1.63. The maximum Gasteiger partial charge on any atom is 0.253 e. The molecule has 1 amide bonds. The average molecular weight is 376 g/mol. The summed E-state index contributed by atoms with van der Waals surface area (Å²) in [6.45, 7) is 7.67. The first-order valence-electron chi connectivity index (χ1n) is 10.1. The number of likely N-dealkylation sites (tertiary alicyclic amines) is 2. The number of rotatable bonds is 6. The molecule has 2 saturated heterocycles. The summed E-state index contributed by atoms with van der Waals surface area (Å²) < 4.78 is 6.07. The number of piperidine rings is 1. The quantitative estimate of drug-likeness (QED) is 0.791. The van der Waals surface area contributed by atoms with Crippen molar-refractivity contribution in [2.24, 2.45) is 5.92 Å². The van der Waals surface area contributed by atoms with Crippen molar-refractivity contribution in [2.75, 3.05) is 32.7 Å². The lowest BCUT2D eigenvalue weighted by Gasteiger charge is -2.33. The van der Waals surface area contributed by atoms with Crippen molar-refractivity contribution in [2.45, 2.75) is 51.4 Å². The van der Waals surface area contributed by atoms with Gasteiger partial charge in [0, 0.05) is 38.3 Å². The van der Waals surface area contributed by atoms with Gasteiger partial charge in [-0.2, -0.15) is 0 Å². The van der Waals surface area contributed by atoms with Crippen LogP contribution in [0.15, 0.2) is 24.3 Å². The predicted molar refractivity (Wildman–Crippen MR) is 104 cm³/mol. The highest BCUT2D eigenvalue weighted by molar-refractivity contribution is 5.94. The molecule has 1 aromatic carbocycles. The zero-order chi connectivity index (χ0) is 19.4. The number of ether oxygens (including phenoxy) is 1. The molecule has 0 bridgehead atoms. The van der Waals surface area contributed by atoms with Crippen LogP contribution in [0, 0.1) is 5.92 Å². The van der Waals surface area contributed by atoms with E-state index >= 15 is 0 Å². The lowest BCUT2D eigenvalue weighted by molar-refractivity contribution is -0.00397. The van der Waals surface area contributed by atoms with E-state index in [0.29, 0.717) is 12.5 Å². The van der Waals surface area contributed by atoms with Crippen LogP contribution in [0.3, 0.4) is 0 Å². The van der Waals surface area contributed by atoms with Crippen molar-refractivity contribution in [1.29, 1.82) is 0 Å². The second-order valence-corrected chi connectivity index (χ2v) is 8.10. The Bertz CT molecular complexity index is 611. The Kier molecular flexibility index (Phi) is 6.73. The maximum atomic E-state index is 12.5. The van der Waals surface area contributed by atoms with Crippen LogP contribution in [0.1, 0.15) is 43.5 Å². The van der Waals surface area contributed by atoms with Gasteiger partial charge in [0.25, 0.3) is 5.91 Å². The fraction of sp³-hybridized carbons (Fsp3) is 0.667. The van der Waals surface area contributed by atoms with E-state index in [9.17, 15) is 15.0 Å². The van der Waals surface area contributed by atoms with E-state index in [2.05, 4.69) is 11.8 Å². The number of β-amino-alcohol motifs (C(OH)–C–C–N with tert-alkyl or cyclic N) is 1. The van der Waals surface area contributed by atoms with Gasteiger partial charge < -0.3 is 24.7 Å². The van der Waals surface area contributed by atoms with Gasteiger partial charge in [-0.05, 0) is 56.4 Å². The topological polar surface area (TPSA) is 73.2 Å². The van der Waals surface area contributed by atoms with Crippen molar-refractivity contribution in [1.82, 2.24) is 9.80 Å². The molecule has 0 radical (unpaired) electrons. The highest BCUT2D eigenvalue weighted by atomic mass is 16.5. The monoisotopic (exact) mass is 376 g/mol. The molecule has 6 heteroatoms. The van der Waals surface area contributed by atoms with Gasteiger partial charge in [0.2, 0.25) is 0 Å². The van der Waals surface area contributed by atoms with E-state index in [1.165, 1.54) is 0 Å². The maximum absolute atomic E-state index is 12.5. The lowest BCUT2D eigenvalue weighted by Crippen LogP contribution is -2.44. The SMILES string of the molecule is CC1CCN(C(=O)c2ccc(OC3CCN(CC(O)C(C)O)CC3)cc2)C1. The van der Waals surface area contributed by atoms with Gasteiger partial charge >= 0.3 is 0 Å². The van der Waals surface area contributed by atoms with Gasteiger partial charge in [-0.3, -0.25) is 4.79 Å². The number of benzene rings is 1. The van der Waals surface area contributed by atoms with E-state index in [-0.39, 0.29) is 12.0 Å². The van der Waals surface area contributed by atoms with E-state index in [4.69, 9.17) is 4.74 Å². The zero-order valence-corrected chi connectivity index (χ0v) is 16.4. The van der Waals surface area contributed by atoms with Crippen LogP contribution in [-0.2, 0) is 0 Å². The molecule has 0 spiro atoms. The molecule has 0 aromatic heterocycles. The van der Waals surface area contributed by atoms with Gasteiger partial charge in [-0.15, -0.1) is 0 Å². The minimum absolute atomic E-state index is 0.107. The van der Waals surface area contributed by atoms with Crippen LogP contribution in [0.5, 0.6) is 5.75 Å². The molecule has 150 valence electrons. The highest BCUT2D eigenvalue weighted by Gasteiger charge is 2.25. The van der Waals surface area contributed by atoms with Crippen molar-refractivity contribution in [3.63, 3.8) is 0 Å². The van der Waals surface area contributed by atoms with E-state index in [1.54, 1.807) is 6.92 Å². The predicted octanol–water partition coefficient (Wildman–Crippen LogP) is 1.75. The van der Waals surface area contributed by atoms with E-state index < -0.39 is 12.2 Å². The van der Waals surface area contributed by atoms with Crippen molar-refractivity contribution >= 4 is 5.91 Å². The number of hydrogen-bond donors (Lipinski definition) is 2. The lowest BCUT2D eigenvalue weighted by atomic mass is 10.1. The molecule has 2 N–H and O–H groups in total. The Morgan fingerprint density at radius 3 is 2.37 bits per heavy atom. The molecule has 6 nitrogen and oxygen atoms in total. The minimum atomic E-state index is -0.705. The summed E-state index contributed by atoms with van der Waals surface area (Å²) in [6.07, 6.45) is 1.60. The first kappa shape index (κ1) is 20.1. The van der Waals surface area contributed by atoms with Crippen LogP contribution in [0.25, 0.3) is 0 Å². The number of aliphatic hydroxyl groups excluding tert-OH is 2. The molecule has 27 heavy (non-hydrogen) atoms. The molecule has 2 aliphatic rings. The number of nitrogens with zero attached hydrogens (tertiary/aromatic N) is 2. The molecule has 2 heterocycles. The van der Waals surface area contributed by atoms with E-state index in [0.717, 1.165) is 56.8 Å². The molecule has 2 aliphatic heterocycles. The van der Waals surface area contributed by atoms with Gasteiger partial charge in [0.1, 0.15) is 11.9 Å². The number of carbonyl (C=O) groups is 1. The molecule has 0 aliphatic carbocycles. The number of amides is 1. The normalized spacial score (nSPS) is 24.0. The average Bonchev–Trinajstić information content (AvgIpc) is 3.09. The van der Waals surface area contributed by atoms with Gasteiger partial charge in [0.15, 0.2) is 0 Å². The molecular weight excluding hydrogens is 344 g/mol. The summed E-state index contributed by atoms with van der Waals surface area (Å²) in [4.78, 5) is 16.6. The standard InChI is InChI=1S/C21H32N2O4/c1-15-7-12-23(13-15)21(26)17-3-5-18(6-4-17)27-19-8-10-22(11-9-19)14-20(25)16(2)24/h3-6,15-16,19-20,24-25H,7-14H2,1-2H3. The van der Waals surface area contributed by atoms with Crippen LogP contribution < -0.4 is 4.74 Å². The van der Waals surface area contributed by atoms with Crippen molar-refractivity contribution in [3.05, 3.63) is 29.8 Å². The number of hydrogen-bond acceptors (Lipinski definition) is 5. The number of carbonyl (C=O) groups excluding carboxylic acids is 1. The van der Waals surface area contributed by atoms with Gasteiger partial charge in [-0.1, -0.05) is 6.92 Å². The highest BCUT2D eigenvalue weighted by Crippen LogP contribution is 2.22. The smallest absolute Gasteiger partial charge is 0.253 e. The zero-order valence-electron chi connectivity index (χ0n) is 16.4. The summed E-state index contributed by atoms with van der Waals surface area (Å²) >= 11 is 0. The fourth-order valence-corrected chi connectivity index (χ4v) is 3.80. The van der Waals surface area contributed by atoms with Crippen molar-refractivity contribution in [3.8, 4) is 5.75 Å². The van der Waals surface area contributed by atoms with Crippen LogP contribution >= 0.6 is 0 Å². The summed E-state index contributed by atoms with van der Waals surface area (Å²) in [6, 6.07) is 7.48. The Balaban J connectivity index is 1.46. The molecule has 3 unspecified atom stereocenters. The molecular formula is C21H32N2O4. The van der Waals surface area contributed by atoms with Crippen LogP contribution in [-0.4, -0.2) is 77.0 Å². The summed E-state index contributed by atoms with van der Waals surface area (Å²) in [7, 11) is 0. The third-order valence-electron chi connectivity index (χ3n) is 5.65. The van der Waals surface area contributed by atoms with Crippen LogP contribution in [0.4, 0.5) is 0 Å². The van der Waals surface area contributed by atoms with Crippen molar-refractivity contribution < 1.29 is 19.7 Å². The first-order chi connectivity index (χ1) is 12.9. The third-order valence-corrected chi connectivity index (χ3v) is 5.65. The third kappa shape index (κ3) is 5.43. The summed E-state index contributed by atoms with van der Waals surface area (Å²) in [5.41, 5.74) is 0.721.